The lowest BCUT2D eigenvalue weighted by Gasteiger charge is -2.29. The van der Waals surface area contributed by atoms with E-state index in [0.717, 1.165) is 18.2 Å². The monoisotopic (exact) mass is 454 g/mol. The van der Waals surface area contributed by atoms with Gasteiger partial charge >= 0.3 is 12.2 Å². The molecule has 3 N–H and O–H groups in total. The van der Waals surface area contributed by atoms with Crippen LogP contribution < -0.4 is 16.0 Å². The molecule has 2 aromatic carbocycles. The lowest BCUT2D eigenvalue weighted by atomic mass is 9.94. The van der Waals surface area contributed by atoms with Gasteiger partial charge in [-0.2, -0.15) is 13.2 Å². The quantitative estimate of drug-likeness (QED) is 0.465. The minimum Gasteiger partial charge on any atom is -0.327 e. The highest BCUT2D eigenvalue weighted by atomic mass is 35.5. The number of amides is 3. The number of anilines is 1. The predicted molar refractivity (Wildman–Crippen MR) is 105 cm³/mol. The molecule has 0 saturated heterocycles. The number of alkyl halides is 3. The van der Waals surface area contributed by atoms with Crippen LogP contribution in [-0.2, 0) is 11.0 Å². The number of urea groups is 1. The van der Waals surface area contributed by atoms with Gasteiger partial charge in [-0.3, -0.25) is 14.9 Å². The number of carbonyl (C=O) groups excluding carboxylic acids is 2. The highest BCUT2D eigenvalue weighted by molar-refractivity contribution is 6.32. The van der Waals surface area contributed by atoms with Gasteiger partial charge in [-0.15, -0.1) is 0 Å². The van der Waals surface area contributed by atoms with E-state index in [1.165, 1.54) is 31.2 Å². The number of nitro groups is 1. The summed E-state index contributed by atoms with van der Waals surface area (Å²) in [6.07, 6.45) is -4.71. The summed E-state index contributed by atoms with van der Waals surface area (Å²) in [5, 5.41) is 18.1. The van der Waals surface area contributed by atoms with Crippen molar-refractivity contribution in [2.75, 3.05) is 5.32 Å². The molecule has 12 heteroatoms. The second-order valence-corrected chi connectivity index (χ2v) is 6.94. The molecule has 0 fully saturated rings. The van der Waals surface area contributed by atoms with E-state index in [1.807, 2.05) is 0 Å². The Hall–Kier alpha value is -3.60. The number of allylic oxidation sites excluding steroid dienone is 1. The van der Waals surface area contributed by atoms with Crippen molar-refractivity contribution in [2.24, 2.45) is 0 Å². The van der Waals surface area contributed by atoms with Crippen molar-refractivity contribution in [2.45, 2.75) is 19.1 Å². The SMILES string of the molecule is CC1=C(C(=O)Nc2ccccc2C(F)(F)F)[C@@H](c2ccc(Cl)c([N+](=O)[O-])c2)NC(=O)N1. The van der Waals surface area contributed by atoms with Gasteiger partial charge in [0.2, 0.25) is 0 Å². The van der Waals surface area contributed by atoms with Crippen molar-refractivity contribution in [3.8, 4) is 0 Å². The van der Waals surface area contributed by atoms with Crippen LogP contribution in [-0.4, -0.2) is 16.9 Å². The van der Waals surface area contributed by atoms with Crippen molar-refractivity contribution < 1.29 is 27.7 Å². The molecule has 1 aliphatic rings. The molecule has 1 atom stereocenters. The minimum atomic E-state index is -4.71. The van der Waals surface area contributed by atoms with Crippen molar-refractivity contribution in [3.05, 3.63) is 80.0 Å². The van der Waals surface area contributed by atoms with Gasteiger partial charge < -0.3 is 16.0 Å². The standard InChI is InChI=1S/C19H14ClF3N4O4/c1-9-15(17(28)25-13-5-3-2-4-11(13)19(21,22)23)16(26-18(29)24-9)10-6-7-12(20)14(8-10)27(30)31/h2-8,16H,1H3,(H,25,28)(H2,24,26,29)/t16-/m1/s1. The Labute approximate surface area is 178 Å². The van der Waals surface area contributed by atoms with Crippen LogP contribution in [0.25, 0.3) is 0 Å². The van der Waals surface area contributed by atoms with Gasteiger partial charge in [0.1, 0.15) is 5.02 Å². The molecule has 0 unspecified atom stereocenters. The average Bonchev–Trinajstić information content (AvgIpc) is 2.67. The predicted octanol–water partition coefficient (Wildman–Crippen LogP) is 4.53. The molecule has 0 bridgehead atoms. The number of benzene rings is 2. The maximum absolute atomic E-state index is 13.3. The molecule has 0 spiro atoms. The van der Waals surface area contributed by atoms with Crippen molar-refractivity contribution in [3.63, 3.8) is 0 Å². The summed E-state index contributed by atoms with van der Waals surface area (Å²) in [5.41, 5.74) is -1.86. The van der Waals surface area contributed by atoms with Crippen LogP contribution in [0.4, 0.5) is 29.3 Å². The number of carbonyl (C=O) groups is 2. The minimum absolute atomic E-state index is 0.0772. The largest absolute Gasteiger partial charge is 0.418 e. The van der Waals surface area contributed by atoms with Crippen LogP contribution >= 0.6 is 11.6 Å². The first-order valence-electron chi connectivity index (χ1n) is 8.68. The summed E-state index contributed by atoms with van der Waals surface area (Å²) in [5.74, 6) is -0.927. The first-order chi connectivity index (χ1) is 14.5. The Kier molecular flexibility index (Phi) is 5.89. The average molecular weight is 455 g/mol. The maximum atomic E-state index is 13.3. The smallest absolute Gasteiger partial charge is 0.327 e. The summed E-state index contributed by atoms with van der Waals surface area (Å²) in [6.45, 7) is 1.39. The summed E-state index contributed by atoms with van der Waals surface area (Å²) >= 11 is 5.81. The number of para-hydroxylation sites is 1. The van der Waals surface area contributed by atoms with Gasteiger partial charge in [-0.05, 0) is 30.7 Å². The number of hydrogen-bond donors (Lipinski definition) is 3. The molecular weight excluding hydrogens is 441 g/mol. The molecule has 31 heavy (non-hydrogen) atoms. The van der Waals surface area contributed by atoms with Crippen molar-refractivity contribution in [1.29, 1.82) is 0 Å². The zero-order chi connectivity index (χ0) is 22.9. The van der Waals surface area contributed by atoms with E-state index in [4.69, 9.17) is 11.6 Å². The lowest BCUT2D eigenvalue weighted by molar-refractivity contribution is -0.384. The van der Waals surface area contributed by atoms with E-state index < -0.39 is 46.0 Å². The topological polar surface area (TPSA) is 113 Å². The second kappa shape index (κ2) is 8.26. The summed E-state index contributed by atoms with van der Waals surface area (Å²) in [6, 6.07) is 6.25. The number of halogens is 4. The van der Waals surface area contributed by atoms with Gasteiger partial charge in [0.05, 0.1) is 27.8 Å². The molecule has 0 saturated carbocycles. The van der Waals surface area contributed by atoms with Crippen molar-refractivity contribution >= 4 is 34.9 Å². The fourth-order valence-electron chi connectivity index (χ4n) is 3.12. The van der Waals surface area contributed by atoms with E-state index >= 15 is 0 Å². The second-order valence-electron chi connectivity index (χ2n) is 6.54. The van der Waals surface area contributed by atoms with Gasteiger partial charge in [0.15, 0.2) is 0 Å². The highest BCUT2D eigenvalue weighted by Gasteiger charge is 2.36. The molecule has 0 aromatic heterocycles. The van der Waals surface area contributed by atoms with Crippen LogP contribution in [0.3, 0.4) is 0 Å². The van der Waals surface area contributed by atoms with E-state index in [1.54, 1.807) is 0 Å². The Morgan fingerprint density at radius 3 is 2.55 bits per heavy atom. The van der Waals surface area contributed by atoms with Crippen LogP contribution in [0.1, 0.15) is 24.1 Å². The molecule has 162 valence electrons. The fourth-order valence-corrected chi connectivity index (χ4v) is 3.31. The Bertz CT molecular complexity index is 1120. The van der Waals surface area contributed by atoms with Crippen LogP contribution in [0.2, 0.25) is 5.02 Å². The molecule has 2 aromatic rings. The summed E-state index contributed by atoms with van der Waals surface area (Å²) < 4.78 is 39.8. The lowest BCUT2D eigenvalue weighted by Crippen LogP contribution is -2.46. The molecule has 1 aliphatic heterocycles. The van der Waals surface area contributed by atoms with Crippen LogP contribution in [0.5, 0.6) is 0 Å². The molecule has 1 heterocycles. The zero-order valence-corrected chi connectivity index (χ0v) is 16.5. The summed E-state index contributed by atoms with van der Waals surface area (Å²) in [7, 11) is 0. The highest BCUT2D eigenvalue weighted by Crippen LogP contribution is 2.36. The zero-order valence-electron chi connectivity index (χ0n) is 15.7. The number of nitrogens with one attached hydrogen (secondary N) is 3. The normalized spacial score (nSPS) is 16.4. The molecule has 0 radical (unpaired) electrons. The summed E-state index contributed by atoms with van der Waals surface area (Å²) in [4.78, 5) is 35.4. The Balaban J connectivity index is 2.03. The number of nitro benzene ring substituents is 1. The van der Waals surface area contributed by atoms with Gasteiger partial charge in [-0.1, -0.05) is 29.8 Å². The third-order valence-electron chi connectivity index (χ3n) is 4.49. The van der Waals surface area contributed by atoms with E-state index in [0.29, 0.717) is 0 Å². The van der Waals surface area contributed by atoms with E-state index in [2.05, 4.69) is 16.0 Å². The molecule has 0 aliphatic carbocycles. The molecule has 8 nitrogen and oxygen atoms in total. The first-order valence-corrected chi connectivity index (χ1v) is 9.06. The number of hydrogen-bond acceptors (Lipinski definition) is 4. The third-order valence-corrected chi connectivity index (χ3v) is 4.81. The van der Waals surface area contributed by atoms with Crippen LogP contribution in [0.15, 0.2) is 53.7 Å². The number of rotatable bonds is 4. The number of nitrogens with zero attached hydrogens (tertiary/aromatic N) is 1. The Morgan fingerprint density at radius 1 is 1.23 bits per heavy atom. The van der Waals surface area contributed by atoms with Gasteiger partial charge in [0, 0.05) is 11.8 Å². The fraction of sp³-hybridized carbons (Fsp3) is 0.158. The van der Waals surface area contributed by atoms with Gasteiger partial charge in [-0.25, -0.2) is 4.79 Å². The molecular formula is C19H14ClF3N4O4. The molecule has 3 rings (SSSR count). The van der Waals surface area contributed by atoms with E-state index in [-0.39, 0.29) is 21.9 Å². The van der Waals surface area contributed by atoms with Gasteiger partial charge in [0.25, 0.3) is 11.6 Å². The van der Waals surface area contributed by atoms with Crippen molar-refractivity contribution in [1.82, 2.24) is 10.6 Å². The van der Waals surface area contributed by atoms with E-state index in [9.17, 15) is 32.9 Å². The first kappa shape index (κ1) is 22.1. The molecule has 3 amide bonds. The maximum Gasteiger partial charge on any atom is 0.418 e. The van der Waals surface area contributed by atoms with Crippen LogP contribution in [0, 0.1) is 10.1 Å². The third kappa shape index (κ3) is 4.61. The Morgan fingerprint density at radius 2 is 1.90 bits per heavy atom.